The van der Waals surface area contributed by atoms with E-state index in [2.05, 4.69) is 26.2 Å². The molecule has 0 spiro atoms. The van der Waals surface area contributed by atoms with Gasteiger partial charge in [-0.3, -0.25) is 0 Å². The van der Waals surface area contributed by atoms with E-state index in [1.165, 1.54) is 5.56 Å². The lowest BCUT2D eigenvalue weighted by atomic mass is 10.2. The quantitative estimate of drug-likeness (QED) is 0.785. The smallest absolute Gasteiger partial charge is 0.154 e. The third kappa shape index (κ3) is 3.37. The maximum Gasteiger partial charge on any atom is 0.154 e. The van der Waals surface area contributed by atoms with Crippen molar-refractivity contribution in [2.45, 2.75) is 13.5 Å². The van der Waals surface area contributed by atoms with E-state index in [4.69, 9.17) is 23.2 Å². The van der Waals surface area contributed by atoms with Crippen LogP contribution >= 0.6 is 39.1 Å². The van der Waals surface area contributed by atoms with Gasteiger partial charge in [0.15, 0.2) is 5.15 Å². The highest BCUT2D eigenvalue weighted by Crippen LogP contribution is 2.26. The van der Waals surface area contributed by atoms with Gasteiger partial charge in [0.2, 0.25) is 0 Å². The molecule has 5 heteroatoms. The molecule has 18 heavy (non-hydrogen) atoms. The summed E-state index contributed by atoms with van der Waals surface area (Å²) >= 11 is 15.3. The molecule has 0 unspecified atom stereocenters. The van der Waals surface area contributed by atoms with E-state index in [0.717, 1.165) is 15.7 Å². The van der Waals surface area contributed by atoms with Crippen LogP contribution in [0.15, 0.2) is 34.8 Å². The van der Waals surface area contributed by atoms with Gasteiger partial charge in [0.1, 0.15) is 5.15 Å². The Labute approximate surface area is 124 Å². The van der Waals surface area contributed by atoms with Crippen LogP contribution in [0.4, 0.5) is 5.69 Å². The predicted molar refractivity (Wildman–Crippen MR) is 80.5 cm³/mol. The predicted octanol–water partition coefficient (Wildman–Crippen LogP) is 5.07. The molecule has 0 saturated carbocycles. The van der Waals surface area contributed by atoms with E-state index >= 15 is 0 Å². The Hall–Kier alpha value is -0.770. The first-order chi connectivity index (χ1) is 8.56. The van der Waals surface area contributed by atoms with E-state index in [1.54, 1.807) is 6.07 Å². The van der Waals surface area contributed by atoms with E-state index in [-0.39, 0.29) is 0 Å². The average molecular weight is 346 g/mol. The van der Waals surface area contributed by atoms with Crippen LogP contribution in [0.25, 0.3) is 0 Å². The molecule has 0 aliphatic carbocycles. The fourth-order valence-corrected chi connectivity index (χ4v) is 2.46. The number of hydrogen-bond donors (Lipinski definition) is 1. The van der Waals surface area contributed by atoms with Crippen LogP contribution in [0.5, 0.6) is 0 Å². The summed E-state index contributed by atoms with van der Waals surface area (Å²) in [5, 5.41) is 4.08. The summed E-state index contributed by atoms with van der Waals surface area (Å²) in [4.78, 5) is 4.02. The molecular formula is C13H11BrCl2N2. The van der Waals surface area contributed by atoms with Gasteiger partial charge in [-0.15, -0.1) is 0 Å². The van der Waals surface area contributed by atoms with Gasteiger partial charge in [0.05, 0.1) is 5.69 Å². The molecular weight excluding hydrogens is 335 g/mol. The zero-order valence-electron chi connectivity index (χ0n) is 9.67. The van der Waals surface area contributed by atoms with Gasteiger partial charge in [0.25, 0.3) is 0 Å². The largest absolute Gasteiger partial charge is 0.378 e. The Morgan fingerprint density at radius 1 is 1.22 bits per heavy atom. The standard InChI is InChI=1S/C13H11BrCl2N2/c1-8-6-11(15)18-13(16)12(8)17-7-9-2-4-10(14)5-3-9/h2-6,17H,7H2,1H3. The van der Waals surface area contributed by atoms with Crippen molar-refractivity contribution in [2.75, 3.05) is 5.32 Å². The second-order valence-corrected chi connectivity index (χ2v) is 5.57. The number of nitrogens with one attached hydrogen (secondary N) is 1. The normalized spacial score (nSPS) is 10.4. The second-order valence-electron chi connectivity index (χ2n) is 3.91. The number of nitrogens with zero attached hydrogens (tertiary/aromatic N) is 1. The van der Waals surface area contributed by atoms with Gasteiger partial charge >= 0.3 is 0 Å². The van der Waals surface area contributed by atoms with Crippen molar-refractivity contribution in [3.8, 4) is 0 Å². The van der Waals surface area contributed by atoms with Crippen LogP contribution in [-0.4, -0.2) is 4.98 Å². The lowest BCUT2D eigenvalue weighted by Crippen LogP contribution is -2.02. The Balaban J connectivity index is 2.13. The Kier molecular flexibility index (Phi) is 4.49. The molecule has 2 aromatic rings. The molecule has 0 aliphatic heterocycles. The van der Waals surface area contributed by atoms with Gasteiger partial charge in [-0.2, -0.15) is 0 Å². The number of aryl methyl sites for hydroxylation is 1. The minimum Gasteiger partial charge on any atom is -0.378 e. The van der Waals surface area contributed by atoms with Crippen molar-refractivity contribution < 1.29 is 0 Å². The third-order valence-corrected chi connectivity index (χ3v) is 3.52. The van der Waals surface area contributed by atoms with Crippen LogP contribution in [-0.2, 0) is 6.54 Å². The zero-order chi connectivity index (χ0) is 13.1. The molecule has 0 bridgehead atoms. The van der Waals surface area contributed by atoms with E-state index in [1.807, 2.05) is 31.2 Å². The van der Waals surface area contributed by atoms with Crippen molar-refractivity contribution in [1.29, 1.82) is 0 Å². The summed E-state index contributed by atoms with van der Waals surface area (Å²) in [5.74, 6) is 0. The van der Waals surface area contributed by atoms with Crippen molar-refractivity contribution in [1.82, 2.24) is 4.98 Å². The molecule has 94 valence electrons. The van der Waals surface area contributed by atoms with Crippen LogP contribution < -0.4 is 5.32 Å². The molecule has 0 amide bonds. The first-order valence-corrected chi connectivity index (χ1v) is 6.92. The van der Waals surface area contributed by atoms with E-state index in [0.29, 0.717) is 16.9 Å². The first kappa shape index (κ1) is 13.7. The molecule has 0 saturated heterocycles. The van der Waals surface area contributed by atoms with Gasteiger partial charge in [-0.05, 0) is 36.2 Å². The second kappa shape index (κ2) is 5.91. The Bertz CT molecular complexity index is 532. The number of pyridine rings is 1. The summed E-state index contributed by atoms with van der Waals surface area (Å²) in [5.41, 5.74) is 2.98. The summed E-state index contributed by atoms with van der Waals surface area (Å²) in [6.07, 6.45) is 0. The molecule has 1 aromatic carbocycles. The molecule has 0 aliphatic rings. The highest BCUT2D eigenvalue weighted by Gasteiger charge is 2.07. The topological polar surface area (TPSA) is 24.9 Å². The fourth-order valence-electron chi connectivity index (χ4n) is 1.60. The lowest BCUT2D eigenvalue weighted by Gasteiger charge is -2.11. The highest BCUT2D eigenvalue weighted by atomic mass is 79.9. The molecule has 0 fully saturated rings. The van der Waals surface area contributed by atoms with Crippen molar-refractivity contribution in [3.05, 3.63) is 56.2 Å². The average Bonchev–Trinajstić information content (AvgIpc) is 2.30. The van der Waals surface area contributed by atoms with Gasteiger partial charge in [-0.25, -0.2) is 4.98 Å². The Morgan fingerprint density at radius 2 is 1.89 bits per heavy atom. The third-order valence-electron chi connectivity index (χ3n) is 2.52. The fraction of sp³-hybridized carbons (Fsp3) is 0.154. The monoisotopic (exact) mass is 344 g/mol. The highest BCUT2D eigenvalue weighted by molar-refractivity contribution is 9.10. The van der Waals surface area contributed by atoms with Crippen LogP contribution in [0.3, 0.4) is 0 Å². The molecule has 1 aromatic heterocycles. The SMILES string of the molecule is Cc1cc(Cl)nc(Cl)c1NCc1ccc(Br)cc1. The van der Waals surface area contributed by atoms with Gasteiger partial charge < -0.3 is 5.32 Å². The van der Waals surface area contributed by atoms with Crippen LogP contribution in [0.1, 0.15) is 11.1 Å². The number of rotatable bonds is 3. The lowest BCUT2D eigenvalue weighted by molar-refractivity contribution is 1.12. The summed E-state index contributed by atoms with van der Waals surface area (Å²) < 4.78 is 1.06. The molecule has 0 radical (unpaired) electrons. The van der Waals surface area contributed by atoms with E-state index < -0.39 is 0 Å². The van der Waals surface area contributed by atoms with Crippen LogP contribution in [0.2, 0.25) is 10.3 Å². The van der Waals surface area contributed by atoms with Crippen LogP contribution in [0, 0.1) is 6.92 Å². The van der Waals surface area contributed by atoms with Crippen molar-refractivity contribution >= 4 is 44.8 Å². The van der Waals surface area contributed by atoms with Gasteiger partial charge in [-0.1, -0.05) is 51.3 Å². The minimum atomic E-state index is 0.400. The molecule has 2 nitrogen and oxygen atoms in total. The minimum absolute atomic E-state index is 0.400. The molecule has 2 rings (SSSR count). The number of aromatic nitrogens is 1. The number of hydrogen-bond acceptors (Lipinski definition) is 2. The first-order valence-electron chi connectivity index (χ1n) is 5.37. The van der Waals surface area contributed by atoms with Gasteiger partial charge in [0, 0.05) is 11.0 Å². The number of anilines is 1. The number of benzene rings is 1. The molecule has 0 atom stereocenters. The van der Waals surface area contributed by atoms with Crippen molar-refractivity contribution in [3.63, 3.8) is 0 Å². The molecule has 1 heterocycles. The van der Waals surface area contributed by atoms with Crippen molar-refractivity contribution in [2.24, 2.45) is 0 Å². The zero-order valence-corrected chi connectivity index (χ0v) is 12.8. The summed E-state index contributed by atoms with van der Waals surface area (Å²) in [7, 11) is 0. The maximum atomic E-state index is 6.06. The molecule has 1 N–H and O–H groups in total. The maximum absolute atomic E-state index is 6.06. The summed E-state index contributed by atoms with van der Waals surface area (Å²) in [6, 6.07) is 9.89. The Morgan fingerprint density at radius 3 is 2.50 bits per heavy atom. The summed E-state index contributed by atoms with van der Waals surface area (Å²) in [6.45, 7) is 2.64. The van der Waals surface area contributed by atoms with E-state index in [9.17, 15) is 0 Å². The number of halogens is 3.